The first-order chi connectivity index (χ1) is 14.8. The van der Waals surface area contributed by atoms with E-state index in [0.717, 1.165) is 26.6 Å². The highest BCUT2D eigenvalue weighted by Crippen LogP contribution is 2.65. The van der Waals surface area contributed by atoms with Crippen LogP contribution >= 0.6 is 19.2 Å². The van der Waals surface area contributed by atoms with Crippen molar-refractivity contribution < 1.29 is 35.2 Å². The minimum absolute atomic E-state index is 0.0717. The number of ketones is 1. The number of carbonyl (C=O) groups is 1. The molecule has 1 unspecified atom stereocenters. The third-order valence-corrected chi connectivity index (χ3v) is 9.99. The van der Waals surface area contributed by atoms with Crippen LogP contribution < -0.4 is 4.72 Å². The van der Waals surface area contributed by atoms with Crippen LogP contribution in [0.5, 0.6) is 0 Å². The summed E-state index contributed by atoms with van der Waals surface area (Å²) >= 11 is 5.84. The van der Waals surface area contributed by atoms with Crippen LogP contribution in [0.4, 0.5) is 0 Å². The van der Waals surface area contributed by atoms with Gasteiger partial charge in [-0.25, -0.2) is 16.8 Å². The van der Waals surface area contributed by atoms with Crippen molar-refractivity contribution in [2.75, 3.05) is 20.5 Å². The van der Waals surface area contributed by atoms with Gasteiger partial charge in [0.1, 0.15) is 4.91 Å². The lowest BCUT2D eigenvalue weighted by Crippen LogP contribution is -2.48. The Balaban J connectivity index is 2.45. The van der Waals surface area contributed by atoms with Gasteiger partial charge in [-0.3, -0.25) is 9.36 Å². The van der Waals surface area contributed by atoms with Gasteiger partial charge in [0.25, 0.3) is 0 Å². The molecule has 0 saturated heterocycles. The quantitative estimate of drug-likeness (QED) is 0.552. The van der Waals surface area contributed by atoms with Crippen molar-refractivity contribution in [2.24, 2.45) is 0 Å². The van der Waals surface area contributed by atoms with E-state index in [9.17, 15) is 26.2 Å². The second kappa shape index (κ2) is 8.49. The number of hydrogen-bond acceptors (Lipinski definition) is 8. The fourth-order valence-electron chi connectivity index (χ4n) is 3.43. The van der Waals surface area contributed by atoms with Crippen LogP contribution in [0.2, 0.25) is 5.02 Å². The Morgan fingerprint density at radius 2 is 1.53 bits per heavy atom. The predicted octanol–water partition coefficient (Wildman–Crippen LogP) is 3.08. The molecule has 0 aliphatic heterocycles. The summed E-state index contributed by atoms with van der Waals surface area (Å²) in [6, 6.07) is 10.6. The number of Topliss-reactive ketones (excluding diaryl/α,β-unsaturated/α-hetero) is 1. The van der Waals surface area contributed by atoms with Gasteiger partial charge < -0.3 is 9.05 Å². The molecule has 0 amide bonds. The van der Waals surface area contributed by atoms with Crippen LogP contribution in [-0.2, 0) is 38.8 Å². The average molecular weight is 520 g/mol. The maximum absolute atomic E-state index is 13.7. The van der Waals surface area contributed by atoms with Gasteiger partial charge >= 0.3 is 7.60 Å². The molecule has 0 heterocycles. The Hall–Kier alpha value is -1.85. The summed E-state index contributed by atoms with van der Waals surface area (Å²) in [5.74, 6) is -0.903. The molecule has 1 aliphatic carbocycles. The Morgan fingerprint density at radius 1 is 0.969 bits per heavy atom. The zero-order chi connectivity index (χ0) is 23.9. The van der Waals surface area contributed by atoms with E-state index in [0.29, 0.717) is 0 Å². The number of hydrogen-bond donors (Lipinski definition) is 1. The van der Waals surface area contributed by atoms with E-state index in [1.165, 1.54) is 48.5 Å². The highest BCUT2D eigenvalue weighted by molar-refractivity contribution is 7.96. The molecule has 32 heavy (non-hydrogen) atoms. The lowest BCUT2D eigenvalue weighted by atomic mass is 9.92. The molecule has 0 fully saturated rings. The number of halogens is 1. The highest BCUT2D eigenvalue weighted by Gasteiger charge is 2.57. The van der Waals surface area contributed by atoms with E-state index < -0.39 is 43.4 Å². The monoisotopic (exact) mass is 519 g/mol. The summed E-state index contributed by atoms with van der Waals surface area (Å²) in [5.41, 5.74) is -0.245. The van der Waals surface area contributed by atoms with Crippen molar-refractivity contribution in [3.05, 3.63) is 75.7 Å². The van der Waals surface area contributed by atoms with Gasteiger partial charge in [-0.15, -0.1) is 0 Å². The molecule has 2 aromatic carbocycles. The van der Waals surface area contributed by atoms with E-state index in [1.54, 1.807) is 0 Å². The second-order valence-electron chi connectivity index (χ2n) is 6.84. The summed E-state index contributed by atoms with van der Waals surface area (Å²) in [6.45, 7) is 0. The van der Waals surface area contributed by atoms with Crippen LogP contribution in [0, 0.1) is 0 Å². The molecule has 0 spiro atoms. The third kappa shape index (κ3) is 4.10. The number of allylic oxidation sites excluding steroid dienone is 1. The Labute approximate surface area is 190 Å². The average Bonchev–Trinajstić information content (AvgIpc) is 2.74. The number of sulfonamides is 1. The molecule has 0 bridgehead atoms. The van der Waals surface area contributed by atoms with Crippen molar-refractivity contribution in [2.45, 2.75) is 10.2 Å². The molecular weight excluding hydrogens is 501 g/mol. The molecule has 0 radical (unpaired) electrons. The van der Waals surface area contributed by atoms with Crippen LogP contribution in [0.1, 0.15) is 15.9 Å². The lowest BCUT2D eigenvalue weighted by molar-refractivity contribution is 0.103. The first-order valence-corrected chi connectivity index (χ1v) is 14.2. The van der Waals surface area contributed by atoms with Crippen molar-refractivity contribution in [3.63, 3.8) is 0 Å². The summed E-state index contributed by atoms with van der Waals surface area (Å²) in [5, 5.41) is -2.06. The lowest BCUT2D eigenvalue weighted by Gasteiger charge is -2.39. The Bertz CT molecular complexity index is 1360. The van der Waals surface area contributed by atoms with E-state index in [1.807, 2.05) is 0 Å². The van der Waals surface area contributed by atoms with Crippen LogP contribution in [0.3, 0.4) is 0 Å². The van der Waals surface area contributed by atoms with Crippen LogP contribution in [0.15, 0.2) is 64.4 Å². The van der Waals surface area contributed by atoms with Gasteiger partial charge in [-0.05, 0) is 30.3 Å². The molecule has 1 atom stereocenters. The summed E-state index contributed by atoms with van der Waals surface area (Å²) in [7, 11) is -11.0. The van der Waals surface area contributed by atoms with Gasteiger partial charge in [0.05, 0.1) is 11.2 Å². The van der Waals surface area contributed by atoms with E-state index in [2.05, 4.69) is 4.72 Å². The van der Waals surface area contributed by atoms with Gasteiger partial charge in [0, 0.05) is 30.4 Å². The largest absolute Gasteiger partial charge is 0.359 e. The van der Waals surface area contributed by atoms with Crippen molar-refractivity contribution in [3.8, 4) is 0 Å². The molecule has 0 aromatic heterocycles. The fourth-order valence-corrected chi connectivity index (χ4v) is 8.26. The first kappa shape index (κ1) is 24.8. The molecule has 3 rings (SSSR count). The predicted molar refractivity (Wildman–Crippen MR) is 119 cm³/mol. The Morgan fingerprint density at radius 3 is 2.06 bits per heavy atom. The fraction of sp³-hybridized carbons (Fsp3) is 0.211. The molecule has 0 saturated carbocycles. The number of fused-ring (bicyclic) bond motifs is 1. The number of nitrogens with one attached hydrogen (secondary N) is 1. The van der Waals surface area contributed by atoms with Crippen molar-refractivity contribution in [1.82, 2.24) is 4.72 Å². The van der Waals surface area contributed by atoms with Crippen LogP contribution in [0.25, 0.3) is 0 Å². The summed E-state index contributed by atoms with van der Waals surface area (Å²) < 4.78 is 77.5. The number of benzene rings is 2. The molecule has 9 nitrogen and oxygen atoms in total. The van der Waals surface area contributed by atoms with Gasteiger partial charge in [-0.2, -0.15) is 4.72 Å². The van der Waals surface area contributed by atoms with Crippen molar-refractivity contribution >= 4 is 44.8 Å². The van der Waals surface area contributed by atoms with Gasteiger partial charge in [0.2, 0.25) is 25.6 Å². The molecule has 1 N–H and O–H groups in total. The standard InChI is InChI=1S/C19H19ClNO8PS2/c1-28-30(23,29-2)19(21-31(3,24)25)12-17(18(22)15-6-4-5-7-16(15)19)32(26,27)14-10-8-13(20)9-11-14/h4-12,21H,1-3H3. The smallest absolute Gasteiger partial charge is 0.310 e. The normalized spacial score (nSPS) is 19.4. The Kier molecular flexibility index (Phi) is 6.58. The van der Waals surface area contributed by atoms with Crippen LogP contribution in [-0.4, -0.2) is 43.1 Å². The van der Waals surface area contributed by atoms with E-state index >= 15 is 0 Å². The molecule has 172 valence electrons. The third-order valence-electron chi connectivity index (χ3n) is 4.81. The second-order valence-corrected chi connectivity index (χ2v) is 13.4. The van der Waals surface area contributed by atoms with Gasteiger partial charge in [-0.1, -0.05) is 35.9 Å². The van der Waals surface area contributed by atoms with E-state index in [-0.39, 0.29) is 21.0 Å². The topological polar surface area (TPSA) is 133 Å². The van der Waals surface area contributed by atoms with E-state index in [4.69, 9.17) is 20.6 Å². The maximum Gasteiger partial charge on any atom is 0.359 e. The summed E-state index contributed by atoms with van der Waals surface area (Å²) in [6.07, 6.45) is 1.58. The molecule has 1 aliphatic rings. The molecular formula is C19H19ClNO8PS2. The minimum atomic E-state index is -4.49. The number of carbonyl (C=O) groups excluding carboxylic acids is 1. The zero-order valence-electron chi connectivity index (χ0n) is 17.1. The highest BCUT2D eigenvalue weighted by atomic mass is 35.5. The van der Waals surface area contributed by atoms with Crippen molar-refractivity contribution in [1.29, 1.82) is 0 Å². The zero-order valence-corrected chi connectivity index (χ0v) is 20.4. The SMILES string of the molecule is COP(=O)(OC)C1(NS(C)(=O)=O)C=C(S(=O)(=O)c2ccc(Cl)cc2)C(=O)c2ccccc21. The maximum atomic E-state index is 13.7. The molecule has 13 heteroatoms. The number of sulfone groups is 1. The van der Waals surface area contributed by atoms with Gasteiger partial charge in [0.15, 0.2) is 5.28 Å². The first-order valence-electron chi connectivity index (χ1n) is 8.89. The number of rotatable bonds is 7. The summed E-state index contributed by atoms with van der Waals surface area (Å²) in [4.78, 5) is 12.2. The minimum Gasteiger partial charge on any atom is -0.310 e. The molecule has 2 aromatic rings.